The van der Waals surface area contributed by atoms with Gasteiger partial charge in [-0.15, -0.1) is 11.3 Å². The third kappa shape index (κ3) is 3.71. The molecule has 2 aromatic rings. The number of carbonyl (C=O) groups excluding carboxylic acids is 1. The van der Waals surface area contributed by atoms with Crippen molar-refractivity contribution >= 4 is 17.3 Å². The Morgan fingerprint density at radius 1 is 1.30 bits per heavy atom. The Balaban J connectivity index is 0.00000200. The van der Waals surface area contributed by atoms with Crippen molar-refractivity contribution in [2.24, 2.45) is 0 Å². The van der Waals surface area contributed by atoms with E-state index in [4.69, 9.17) is 0 Å². The number of carbonyl (C=O) groups is 1. The summed E-state index contributed by atoms with van der Waals surface area (Å²) >= 11 is 1.62. The first-order chi connectivity index (χ1) is 8.99. The average molecular weight is 282 g/mol. The van der Waals surface area contributed by atoms with Gasteiger partial charge in [-0.1, -0.05) is 24.3 Å². The summed E-state index contributed by atoms with van der Waals surface area (Å²) in [4.78, 5) is 18.2. The van der Waals surface area contributed by atoms with Crippen molar-refractivity contribution in [3.05, 3.63) is 41.0 Å². The quantitative estimate of drug-likeness (QED) is 0.661. The number of benzene rings is 1. The van der Waals surface area contributed by atoms with Crippen LogP contribution in [0.4, 0.5) is 0 Å². The minimum absolute atomic E-state index is 0. The molecule has 20 heavy (non-hydrogen) atoms. The molecule has 0 N–H and O–H groups in total. The Morgan fingerprint density at radius 2 is 1.90 bits per heavy atom. The third-order valence-electron chi connectivity index (χ3n) is 3.06. The fourth-order valence-electron chi connectivity index (χ4n) is 1.61. The zero-order chi connectivity index (χ0) is 14.0. The van der Waals surface area contributed by atoms with Crippen molar-refractivity contribution < 1.29 is 28.8 Å². The molecule has 6 heteroatoms. The molecule has 0 amide bonds. The number of hydrogen-bond donors (Lipinski definition) is 0. The van der Waals surface area contributed by atoms with Gasteiger partial charge in [0.1, 0.15) is 5.01 Å². The van der Waals surface area contributed by atoms with Gasteiger partial charge >= 0.3 is 18.9 Å². The molecule has 4 nitrogen and oxygen atoms in total. The van der Waals surface area contributed by atoms with Crippen molar-refractivity contribution in [1.82, 2.24) is 9.88 Å². The van der Waals surface area contributed by atoms with Gasteiger partial charge in [0.05, 0.1) is 16.9 Å². The molecule has 2 rings (SSSR count). The molecule has 0 aliphatic heterocycles. The SMILES string of the molecule is CC(c1ncc(-c2ccc(C(=O)[O-])cc2)s1)N(C)C.[Li+]. The van der Waals surface area contributed by atoms with Gasteiger partial charge < -0.3 is 14.8 Å². The molecular weight excluding hydrogens is 267 g/mol. The Hall–Kier alpha value is -1.12. The monoisotopic (exact) mass is 282 g/mol. The van der Waals surface area contributed by atoms with Crippen molar-refractivity contribution in [2.45, 2.75) is 13.0 Å². The van der Waals surface area contributed by atoms with Crippen LogP contribution in [0.3, 0.4) is 0 Å². The maximum absolute atomic E-state index is 10.7. The van der Waals surface area contributed by atoms with Crippen LogP contribution < -0.4 is 24.0 Å². The summed E-state index contributed by atoms with van der Waals surface area (Å²) in [6.07, 6.45) is 1.83. The van der Waals surface area contributed by atoms with Crippen molar-refractivity contribution in [1.29, 1.82) is 0 Å². The van der Waals surface area contributed by atoms with Crippen LogP contribution in [0.2, 0.25) is 0 Å². The van der Waals surface area contributed by atoms with Crippen LogP contribution >= 0.6 is 11.3 Å². The predicted molar refractivity (Wildman–Crippen MR) is 74.0 cm³/mol. The van der Waals surface area contributed by atoms with E-state index in [1.54, 1.807) is 35.6 Å². The summed E-state index contributed by atoms with van der Waals surface area (Å²) in [7, 11) is 4.03. The van der Waals surface area contributed by atoms with Gasteiger partial charge in [0, 0.05) is 6.20 Å². The largest absolute Gasteiger partial charge is 1.00 e. The number of rotatable bonds is 4. The number of carboxylic acid groups (broad SMARTS) is 1. The molecule has 0 aliphatic rings. The Kier molecular flexibility index (Phi) is 5.97. The van der Waals surface area contributed by atoms with Gasteiger partial charge in [-0.25, -0.2) is 4.98 Å². The standard InChI is InChI=1S/C14H16N2O2S.Li/c1-9(16(2)3)13-15-8-12(19-13)10-4-6-11(7-5-10)14(17)18;/h4-9H,1-3H3,(H,17,18);/q;+1/p-1. The molecule has 1 unspecified atom stereocenters. The molecule has 0 radical (unpaired) electrons. The number of thiazole rings is 1. The molecule has 0 spiro atoms. The Morgan fingerprint density at radius 3 is 2.40 bits per heavy atom. The van der Waals surface area contributed by atoms with Crippen LogP contribution in [-0.4, -0.2) is 29.9 Å². The number of aromatic carboxylic acids is 1. The van der Waals surface area contributed by atoms with Gasteiger partial charge in [-0.3, -0.25) is 0 Å². The zero-order valence-corrected chi connectivity index (χ0v) is 12.9. The second-order valence-electron chi connectivity index (χ2n) is 4.57. The van der Waals surface area contributed by atoms with Crippen molar-refractivity contribution in [2.75, 3.05) is 14.1 Å². The van der Waals surface area contributed by atoms with Gasteiger partial charge in [0.25, 0.3) is 0 Å². The third-order valence-corrected chi connectivity index (χ3v) is 4.28. The molecule has 0 aliphatic carbocycles. The van der Waals surface area contributed by atoms with E-state index >= 15 is 0 Å². The second kappa shape index (κ2) is 7.05. The average Bonchev–Trinajstić information content (AvgIpc) is 2.87. The van der Waals surface area contributed by atoms with Crippen LogP contribution in [-0.2, 0) is 0 Å². The topological polar surface area (TPSA) is 56.3 Å². The summed E-state index contributed by atoms with van der Waals surface area (Å²) in [5.74, 6) is -1.15. The fourth-order valence-corrected chi connectivity index (χ4v) is 2.68. The molecule has 0 bridgehead atoms. The molecular formula is C14H15LiN2O2S. The van der Waals surface area contributed by atoms with Gasteiger partial charge in [-0.05, 0) is 32.1 Å². The maximum atomic E-state index is 10.7. The minimum Gasteiger partial charge on any atom is -0.545 e. The van der Waals surface area contributed by atoms with Crippen LogP contribution in [0, 0.1) is 0 Å². The van der Waals surface area contributed by atoms with Gasteiger partial charge in [0.2, 0.25) is 0 Å². The molecule has 1 aromatic carbocycles. The predicted octanol–water partition coefficient (Wildman–Crippen LogP) is -1.20. The molecule has 1 heterocycles. The first-order valence-corrected chi connectivity index (χ1v) is 6.74. The van der Waals surface area contributed by atoms with Crippen LogP contribution in [0.1, 0.15) is 28.3 Å². The number of hydrogen-bond acceptors (Lipinski definition) is 5. The van der Waals surface area contributed by atoms with Gasteiger partial charge in [-0.2, -0.15) is 0 Å². The van der Waals surface area contributed by atoms with Crippen LogP contribution in [0.25, 0.3) is 10.4 Å². The van der Waals surface area contributed by atoms with Crippen LogP contribution in [0.5, 0.6) is 0 Å². The van der Waals surface area contributed by atoms with E-state index in [9.17, 15) is 9.90 Å². The van der Waals surface area contributed by atoms with Crippen molar-refractivity contribution in [3.63, 3.8) is 0 Å². The Labute approximate surface area is 134 Å². The van der Waals surface area contributed by atoms with E-state index in [1.165, 1.54) is 0 Å². The minimum atomic E-state index is -1.15. The number of nitrogens with zero attached hydrogens (tertiary/aromatic N) is 2. The first-order valence-electron chi connectivity index (χ1n) is 5.93. The molecule has 0 saturated carbocycles. The molecule has 1 aromatic heterocycles. The first kappa shape index (κ1) is 16.9. The van der Waals surface area contributed by atoms with Gasteiger partial charge in [0.15, 0.2) is 0 Å². The number of carboxylic acids is 1. The van der Waals surface area contributed by atoms with Crippen LogP contribution in [0.15, 0.2) is 30.5 Å². The summed E-state index contributed by atoms with van der Waals surface area (Å²) in [6, 6.07) is 6.94. The Bertz CT molecular complexity index is 581. The summed E-state index contributed by atoms with van der Waals surface area (Å²) in [6.45, 7) is 2.10. The molecule has 100 valence electrons. The van der Waals surface area contributed by atoms with Crippen molar-refractivity contribution in [3.8, 4) is 10.4 Å². The van der Waals surface area contributed by atoms with E-state index in [0.717, 1.165) is 15.4 Å². The van der Waals surface area contributed by atoms with E-state index < -0.39 is 5.97 Å². The number of aromatic nitrogens is 1. The summed E-state index contributed by atoms with van der Waals surface area (Å²) in [5, 5.41) is 11.7. The van der Waals surface area contributed by atoms with E-state index in [2.05, 4.69) is 16.8 Å². The zero-order valence-electron chi connectivity index (χ0n) is 12.1. The summed E-state index contributed by atoms with van der Waals surface area (Å²) < 4.78 is 0. The second-order valence-corrected chi connectivity index (χ2v) is 5.63. The molecule has 0 saturated heterocycles. The maximum Gasteiger partial charge on any atom is 1.00 e. The molecule has 1 atom stereocenters. The normalized spacial score (nSPS) is 12.0. The molecule has 0 fully saturated rings. The summed E-state index contributed by atoms with van der Waals surface area (Å²) in [5.41, 5.74) is 1.16. The fraction of sp³-hybridized carbons (Fsp3) is 0.286. The van der Waals surface area contributed by atoms with E-state index in [-0.39, 0.29) is 30.5 Å². The smallest absolute Gasteiger partial charge is 0.545 e. The van der Waals surface area contributed by atoms with E-state index in [0.29, 0.717) is 0 Å². The van der Waals surface area contributed by atoms with E-state index in [1.807, 2.05) is 20.3 Å².